The predicted molar refractivity (Wildman–Crippen MR) is 126 cm³/mol. The van der Waals surface area contributed by atoms with Crippen molar-refractivity contribution >= 4 is 40.7 Å². The summed E-state index contributed by atoms with van der Waals surface area (Å²) in [6.45, 7) is 2.66. The van der Waals surface area contributed by atoms with Gasteiger partial charge < -0.3 is 14.7 Å². The summed E-state index contributed by atoms with van der Waals surface area (Å²) in [5.74, 6) is -1.13. The summed E-state index contributed by atoms with van der Waals surface area (Å²) in [5.41, 5.74) is 3.39. The minimum Gasteiger partial charge on any atom is -0.492 e. The summed E-state index contributed by atoms with van der Waals surface area (Å²) in [6, 6.07) is 3.35. The van der Waals surface area contributed by atoms with E-state index in [4.69, 9.17) is 27.9 Å². The molecule has 6 nitrogen and oxygen atoms in total. The van der Waals surface area contributed by atoms with E-state index in [9.17, 15) is 19.5 Å². The number of ketones is 2. The van der Waals surface area contributed by atoms with Crippen LogP contribution in [0.3, 0.4) is 0 Å². The van der Waals surface area contributed by atoms with Gasteiger partial charge in [-0.3, -0.25) is 14.4 Å². The maximum atomic E-state index is 13.3. The average Bonchev–Trinajstić information content (AvgIpc) is 2.76. The summed E-state index contributed by atoms with van der Waals surface area (Å²) >= 11 is 12.9. The standard InChI is InChI=1S/C25H27Cl2NO5/c1-2-11-33-25-15(12-14(26)13-16(25)27)22-23-17(5-3-7-19(23)29)28(10-9-21(31)32)18-6-4-8-20(30)24(18)22/h12-13,22H,2-11H2,1H3,(H,31,32). The molecule has 176 valence electrons. The Bertz CT molecular complexity index is 1030. The van der Waals surface area contributed by atoms with Gasteiger partial charge in [0.1, 0.15) is 5.75 Å². The van der Waals surface area contributed by atoms with Crippen LogP contribution in [0.5, 0.6) is 5.75 Å². The van der Waals surface area contributed by atoms with Crippen molar-refractivity contribution < 1.29 is 24.2 Å². The van der Waals surface area contributed by atoms with Gasteiger partial charge in [-0.25, -0.2) is 0 Å². The predicted octanol–water partition coefficient (Wildman–Crippen LogP) is 5.67. The van der Waals surface area contributed by atoms with Crippen molar-refractivity contribution in [1.29, 1.82) is 0 Å². The highest BCUT2D eigenvalue weighted by molar-refractivity contribution is 6.35. The third kappa shape index (κ3) is 4.56. The Kier molecular flexibility index (Phi) is 7.15. The molecule has 0 aromatic heterocycles. The summed E-state index contributed by atoms with van der Waals surface area (Å²) in [6.07, 6.45) is 4.17. The van der Waals surface area contributed by atoms with Gasteiger partial charge in [-0.15, -0.1) is 0 Å². The fraction of sp³-hybridized carbons (Fsp3) is 0.480. The molecule has 0 fully saturated rings. The molecule has 33 heavy (non-hydrogen) atoms. The summed E-state index contributed by atoms with van der Waals surface area (Å²) in [5, 5.41) is 10.1. The number of carboxylic acids is 1. The van der Waals surface area contributed by atoms with Crippen LogP contribution in [-0.4, -0.2) is 40.7 Å². The molecule has 1 aromatic rings. The van der Waals surface area contributed by atoms with Gasteiger partial charge in [-0.2, -0.15) is 0 Å². The molecule has 0 bridgehead atoms. The monoisotopic (exact) mass is 491 g/mol. The third-order valence-electron chi connectivity index (χ3n) is 6.43. The zero-order valence-electron chi connectivity index (χ0n) is 18.6. The second-order valence-corrected chi connectivity index (χ2v) is 9.50. The van der Waals surface area contributed by atoms with Gasteiger partial charge in [-0.1, -0.05) is 30.1 Å². The Morgan fingerprint density at radius 2 is 1.67 bits per heavy atom. The molecule has 0 spiro atoms. The number of allylic oxidation sites excluding steroid dienone is 4. The molecule has 1 N–H and O–H groups in total. The van der Waals surface area contributed by atoms with Crippen LogP contribution in [0.25, 0.3) is 0 Å². The molecular weight excluding hydrogens is 465 g/mol. The van der Waals surface area contributed by atoms with E-state index < -0.39 is 11.9 Å². The zero-order valence-corrected chi connectivity index (χ0v) is 20.1. The molecule has 1 aromatic carbocycles. The first-order valence-electron chi connectivity index (χ1n) is 11.5. The van der Waals surface area contributed by atoms with Crippen molar-refractivity contribution in [2.75, 3.05) is 13.2 Å². The van der Waals surface area contributed by atoms with Crippen LogP contribution < -0.4 is 4.74 Å². The van der Waals surface area contributed by atoms with E-state index in [-0.39, 0.29) is 24.5 Å². The molecule has 0 amide bonds. The number of rotatable bonds is 7. The van der Waals surface area contributed by atoms with Crippen molar-refractivity contribution in [3.63, 3.8) is 0 Å². The van der Waals surface area contributed by atoms with E-state index in [0.717, 1.165) is 17.8 Å². The Labute approximate surface area is 203 Å². The zero-order chi connectivity index (χ0) is 23.7. The van der Waals surface area contributed by atoms with E-state index in [2.05, 4.69) is 0 Å². The number of aliphatic carboxylic acids is 1. The first-order chi connectivity index (χ1) is 15.8. The summed E-state index contributed by atoms with van der Waals surface area (Å²) < 4.78 is 6.01. The largest absolute Gasteiger partial charge is 0.492 e. The van der Waals surface area contributed by atoms with Gasteiger partial charge in [0.2, 0.25) is 0 Å². The van der Waals surface area contributed by atoms with Crippen LogP contribution in [0.1, 0.15) is 69.8 Å². The lowest BCUT2D eigenvalue weighted by Crippen LogP contribution is -2.40. The molecule has 8 heteroatoms. The fourth-order valence-electron chi connectivity index (χ4n) is 5.16. The molecule has 0 saturated heterocycles. The highest BCUT2D eigenvalue weighted by Crippen LogP contribution is 2.52. The molecule has 0 radical (unpaired) electrons. The molecule has 3 aliphatic rings. The lowest BCUT2D eigenvalue weighted by atomic mass is 9.70. The van der Waals surface area contributed by atoms with Gasteiger partial charge in [0.05, 0.1) is 18.1 Å². The Morgan fingerprint density at radius 1 is 1.06 bits per heavy atom. The molecule has 1 heterocycles. The normalized spacial score (nSPS) is 19.1. The average molecular weight is 492 g/mol. The number of halogens is 2. The second-order valence-electron chi connectivity index (χ2n) is 8.66. The van der Waals surface area contributed by atoms with Crippen molar-refractivity contribution in [3.05, 3.63) is 50.3 Å². The maximum Gasteiger partial charge on any atom is 0.305 e. The second kappa shape index (κ2) is 9.90. The van der Waals surface area contributed by atoms with Gasteiger partial charge in [-0.05, 0) is 44.2 Å². The van der Waals surface area contributed by atoms with E-state index in [1.54, 1.807) is 12.1 Å². The topological polar surface area (TPSA) is 83.9 Å². The minimum absolute atomic E-state index is 0.0240. The Hall–Kier alpha value is -2.31. The molecule has 1 aliphatic heterocycles. The van der Waals surface area contributed by atoms with E-state index in [0.29, 0.717) is 77.6 Å². The first-order valence-corrected chi connectivity index (χ1v) is 12.2. The molecule has 0 atom stereocenters. The van der Waals surface area contributed by atoms with E-state index in [1.807, 2.05) is 11.8 Å². The van der Waals surface area contributed by atoms with Gasteiger partial charge >= 0.3 is 5.97 Å². The van der Waals surface area contributed by atoms with Crippen LogP contribution in [-0.2, 0) is 14.4 Å². The van der Waals surface area contributed by atoms with Crippen LogP contribution in [0.4, 0.5) is 0 Å². The summed E-state index contributed by atoms with van der Waals surface area (Å²) in [4.78, 5) is 40.0. The van der Waals surface area contributed by atoms with Gasteiger partial charge in [0, 0.05) is 58.4 Å². The maximum absolute atomic E-state index is 13.3. The van der Waals surface area contributed by atoms with Crippen LogP contribution in [0.15, 0.2) is 34.7 Å². The number of carbonyl (C=O) groups excluding carboxylic acids is 2. The number of carboxylic acid groups (broad SMARTS) is 1. The lowest BCUT2D eigenvalue weighted by molar-refractivity contribution is -0.137. The van der Waals surface area contributed by atoms with Crippen LogP contribution in [0.2, 0.25) is 10.0 Å². The number of hydrogen-bond acceptors (Lipinski definition) is 5. The van der Waals surface area contributed by atoms with Crippen molar-refractivity contribution in [3.8, 4) is 5.75 Å². The minimum atomic E-state index is -0.914. The molecule has 2 aliphatic carbocycles. The highest BCUT2D eigenvalue weighted by Gasteiger charge is 2.44. The van der Waals surface area contributed by atoms with Crippen LogP contribution in [0, 0.1) is 0 Å². The quantitative estimate of drug-likeness (QED) is 0.528. The number of benzene rings is 1. The molecule has 0 unspecified atom stereocenters. The van der Waals surface area contributed by atoms with Crippen molar-refractivity contribution in [1.82, 2.24) is 4.90 Å². The van der Waals surface area contributed by atoms with Crippen molar-refractivity contribution in [2.24, 2.45) is 0 Å². The Morgan fingerprint density at radius 3 is 2.21 bits per heavy atom. The van der Waals surface area contributed by atoms with Gasteiger partial charge in [0.15, 0.2) is 11.6 Å². The number of nitrogens with zero attached hydrogens (tertiary/aromatic N) is 1. The molecule has 4 rings (SSSR count). The Balaban J connectivity index is 1.96. The van der Waals surface area contributed by atoms with E-state index >= 15 is 0 Å². The fourth-order valence-corrected chi connectivity index (χ4v) is 5.72. The third-order valence-corrected chi connectivity index (χ3v) is 6.93. The smallest absolute Gasteiger partial charge is 0.305 e. The van der Waals surface area contributed by atoms with E-state index in [1.165, 1.54) is 0 Å². The summed E-state index contributed by atoms with van der Waals surface area (Å²) in [7, 11) is 0. The number of ether oxygens (including phenoxy) is 1. The number of Topliss-reactive ketones (excluding diaryl/α,β-unsaturated/α-hetero) is 2. The molecular formula is C25H27Cl2NO5. The first kappa shape index (κ1) is 23.8. The van der Waals surface area contributed by atoms with Crippen molar-refractivity contribution in [2.45, 2.75) is 64.2 Å². The van der Waals surface area contributed by atoms with Crippen LogP contribution >= 0.6 is 23.2 Å². The number of carbonyl (C=O) groups is 3. The highest BCUT2D eigenvalue weighted by atomic mass is 35.5. The van der Waals surface area contributed by atoms with Gasteiger partial charge in [0.25, 0.3) is 0 Å². The molecule has 0 saturated carbocycles. The SMILES string of the molecule is CCCOc1c(Cl)cc(Cl)cc1C1C2=C(CCCC2=O)N(CCC(=O)O)C2=C1C(=O)CCC2. The number of hydrogen-bond donors (Lipinski definition) is 1. The lowest BCUT2D eigenvalue weighted by Gasteiger charge is -2.44.